The van der Waals surface area contributed by atoms with Gasteiger partial charge in [-0.2, -0.15) is 0 Å². The molecular weight excluding hydrogens is 264 g/mol. The summed E-state index contributed by atoms with van der Waals surface area (Å²) in [6.45, 7) is 0. The second kappa shape index (κ2) is 5.16. The maximum atomic E-state index is 10.5. The summed E-state index contributed by atoms with van der Waals surface area (Å²) in [5, 5.41) is 14.0. The van der Waals surface area contributed by atoms with Gasteiger partial charge in [-0.1, -0.05) is 24.6 Å². The highest BCUT2D eigenvalue weighted by atomic mass is 32.1. The minimum Gasteiger partial charge on any atom is -0.393 e. The van der Waals surface area contributed by atoms with Gasteiger partial charge in [-0.25, -0.2) is 0 Å². The predicted molar refractivity (Wildman–Crippen MR) is 85.1 cm³/mol. The Morgan fingerprint density at radius 3 is 2.90 bits per heavy atom. The predicted octanol–water partition coefficient (Wildman–Crippen LogP) is 4.63. The Morgan fingerprint density at radius 2 is 2.10 bits per heavy atom. The largest absolute Gasteiger partial charge is 0.393 e. The van der Waals surface area contributed by atoms with E-state index in [0.29, 0.717) is 0 Å². The van der Waals surface area contributed by atoms with Crippen molar-refractivity contribution in [3.8, 4) is 0 Å². The van der Waals surface area contributed by atoms with E-state index in [9.17, 15) is 5.11 Å². The van der Waals surface area contributed by atoms with Gasteiger partial charge in [0.1, 0.15) is 0 Å². The van der Waals surface area contributed by atoms with Crippen LogP contribution in [0.3, 0.4) is 0 Å². The molecule has 0 amide bonds. The Kier molecular flexibility index (Phi) is 3.31. The van der Waals surface area contributed by atoms with Crippen LogP contribution in [0, 0.1) is 17.8 Å². The molecule has 0 radical (unpaired) electrons. The average molecular weight is 286 g/mol. The molecule has 1 nitrogen and oxygen atoms in total. The number of hydrogen-bond donors (Lipinski definition) is 1. The van der Waals surface area contributed by atoms with Gasteiger partial charge in [-0.05, 0) is 72.3 Å². The van der Waals surface area contributed by atoms with Crippen LogP contribution in [0.1, 0.15) is 37.7 Å². The second-order valence-corrected chi connectivity index (χ2v) is 7.70. The lowest BCUT2D eigenvalue weighted by Gasteiger charge is -2.24. The van der Waals surface area contributed by atoms with Crippen molar-refractivity contribution in [2.45, 2.75) is 44.6 Å². The highest BCUT2D eigenvalue weighted by Gasteiger charge is 2.39. The molecule has 2 saturated carbocycles. The maximum absolute atomic E-state index is 10.5. The zero-order valence-electron chi connectivity index (χ0n) is 11.8. The summed E-state index contributed by atoms with van der Waals surface area (Å²) in [5.74, 6) is 2.71. The van der Waals surface area contributed by atoms with Gasteiger partial charge in [-0.3, -0.25) is 0 Å². The molecule has 1 N–H and O–H groups in total. The van der Waals surface area contributed by atoms with Gasteiger partial charge in [0.05, 0.1) is 6.10 Å². The van der Waals surface area contributed by atoms with Crippen LogP contribution in [-0.2, 0) is 6.42 Å². The van der Waals surface area contributed by atoms with E-state index in [-0.39, 0.29) is 6.10 Å². The van der Waals surface area contributed by atoms with Gasteiger partial charge in [-0.15, -0.1) is 11.3 Å². The molecule has 0 aliphatic heterocycles. The fourth-order valence-corrected chi connectivity index (χ4v) is 5.52. The highest BCUT2D eigenvalue weighted by molar-refractivity contribution is 7.17. The van der Waals surface area contributed by atoms with Gasteiger partial charge in [0.25, 0.3) is 0 Å². The van der Waals surface area contributed by atoms with E-state index in [0.717, 1.165) is 30.6 Å². The molecule has 20 heavy (non-hydrogen) atoms. The standard InChI is InChI=1S/C18H22OS/c19-16(9-14-8-12-5-6-13(14)7-12)10-15-11-20-18-4-2-1-3-17(15)18/h1-4,11-14,16,19H,5-10H2. The Hall–Kier alpha value is -0.860. The SMILES string of the molecule is OC(Cc1csc2ccccc12)CC1CC2CCC1C2. The zero-order chi connectivity index (χ0) is 13.5. The number of benzene rings is 1. The quantitative estimate of drug-likeness (QED) is 0.868. The lowest BCUT2D eigenvalue weighted by Crippen LogP contribution is -2.20. The number of aliphatic hydroxyl groups is 1. The normalized spacial score (nSPS) is 30.1. The summed E-state index contributed by atoms with van der Waals surface area (Å²) in [7, 11) is 0. The van der Waals surface area contributed by atoms with Crippen LogP contribution in [0.15, 0.2) is 29.6 Å². The summed E-state index contributed by atoms with van der Waals surface area (Å²) in [5.41, 5.74) is 1.33. The topological polar surface area (TPSA) is 20.2 Å². The van der Waals surface area contributed by atoms with Crippen LogP contribution in [-0.4, -0.2) is 11.2 Å². The van der Waals surface area contributed by atoms with Gasteiger partial charge in [0, 0.05) is 4.70 Å². The lowest BCUT2D eigenvalue weighted by atomic mass is 9.84. The molecule has 2 aliphatic carbocycles. The zero-order valence-corrected chi connectivity index (χ0v) is 12.6. The molecular formula is C18H22OS. The summed E-state index contributed by atoms with van der Waals surface area (Å²) >= 11 is 1.80. The van der Waals surface area contributed by atoms with E-state index < -0.39 is 0 Å². The van der Waals surface area contributed by atoms with E-state index in [1.807, 2.05) is 0 Å². The van der Waals surface area contributed by atoms with Crippen molar-refractivity contribution in [3.05, 3.63) is 35.2 Å². The van der Waals surface area contributed by atoms with Crippen LogP contribution >= 0.6 is 11.3 Å². The Morgan fingerprint density at radius 1 is 1.20 bits per heavy atom. The summed E-state index contributed by atoms with van der Waals surface area (Å²) in [6, 6.07) is 8.55. The van der Waals surface area contributed by atoms with E-state index in [1.165, 1.54) is 41.3 Å². The summed E-state index contributed by atoms with van der Waals surface area (Å²) < 4.78 is 1.34. The Bertz CT molecular complexity index is 602. The highest BCUT2D eigenvalue weighted by Crippen LogP contribution is 2.50. The van der Waals surface area contributed by atoms with E-state index in [4.69, 9.17) is 0 Å². The molecule has 2 heteroatoms. The fraction of sp³-hybridized carbons (Fsp3) is 0.556. The van der Waals surface area contributed by atoms with Crippen molar-refractivity contribution in [3.63, 3.8) is 0 Å². The number of thiophene rings is 1. The third-order valence-corrected chi connectivity index (χ3v) is 6.49. The van der Waals surface area contributed by atoms with Crippen LogP contribution in [0.2, 0.25) is 0 Å². The van der Waals surface area contributed by atoms with Crippen molar-refractivity contribution in [1.29, 1.82) is 0 Å². The average Bonchev–Trinajstić information content (AvgIpc) is 3.14. The van der Waals surface area contributed by atoms with Gasteiger partial charge in [0.2, 0.25) is 0 Å². The van der Waals surface area contributed by atoms with E-state index in [1.54, 1.807) is 11.3 Å². The van der Waals surface area contributed by atoms with Crippen molar-refractivity contribution in [1.82, 2.24) is 0 Å². The Labute approximate surface area is 124 Å². The van der Waals surface area contributed by atoms with Gasteiger partial charge in [0.15, 0.2) is 0 Å². The van der Waals surface area contributed by atoms with Crippen LogP contribution in [0.25, 0.3) is 10.1 Å². The van der Waals surface area contributed by atoms with Crippen LogP contribution in [0.5, 0.6) is 0 Å². The molecule has 106 valence electrons. The van der Waals surface area contributed by atoms with E-state index in [2.05, 4.69) is 29.6 Å². The minimum atomic E-state index is -0.155. The van der Waals surface area contributed by atoms with Crippen molar-refractivity contribution in [2.24, 2.45) is 17.8 Å². The van der Waals surface area contributed by atoms with Crippen molar-refractivity contribution >= 4 is 21.4 Å². The number of hydrogen-bond acceptors (Lipinski definition) is 2. The molecule has 2 bridgehead atoms. The third kappa shape index (κ3) is 2.29. The van der Waals surface area contributed by atoms with Crippen LogP contribution < -0.4 is 0 Å². The molecule has 2 aliphatic rings. The molecule has 4 rings (SSSR count). The fourth-order valence-electron chi connectivity index (χ4n) is 4.54. The molecule has 2 fully saturated rings. The molecule has 4 atom stereocenters. The number of rotatable bonds is 4. The number of fused-ring (bicyclic) bond motifs is 3. The molecule has 2 aromatic rings. The smallest absolute Gasteiger partial charge is 0.0583 e. The molecule has 1 aromatic heterocycles. The third-order valence-electron chi connectivity index (χ3n) is 5.48. The van der Waals surface area contributed by atoms with E-state index >= 15 is 0 Å². The van der Waals surface area contributed by atoms with Crippen molar-refractivity contribution in [2.75, 3.05) is 0 Å². The van der Waals surface area contributed by atoms with Gasteiger partial charge < -0.3 is 5.11 Å². The monoisotopic (exact) mass is 286 g/mol. The van der Waals surface area contributed by atoms with Gasteiger partial charge >= 0.3 is 0 Å². The molecule has 4 unspecified atom stereocenters. The molecule has 1 aromatic carbocycles. The van der Waals surface area contributed by atoms with Crippen molar-refractivity contribution < 1.29 is 5.11 Å². The molecule has 1 heterocycles. The maximum Gasteiger partial charge on any atom is 0.0583 e. The van der Waals surface area contributed by atoms with Crippen LogP contribution in [0.4, 0.5) is 0 Å². The summed E-state index contributed by atoms with van der Waals surface area (Å²) in [4.78, 5) is 0. The summed E-state index contributed by atoms with van der Waals surface area (Å²) in [6.07, 6.45) is 7.39. The first kappa shape index (κ1) is 12.8. The first-order valence-corrected chi connectivity index (χ1v) is 8.80. The minimum absolute atomic E-state index is 0.155. The lowest BCUT2D eigenvalue weighted by molar-refractivity contribution is 0.125. The molecule has 0 saturated heterocycles. The number of aliphatic hydroxyl groups excluding tert-OH is 1. The second-order valence-electron chi connectivity index (χ2n) is 6.79. The first-order chi connectivity index (χ1) is 9.79. The molecule has 0 spiro atoms. The Balaban J connectivity index is 1.43. The first-order valence-electron chi connectivity index (χ1n) is 7.93.